The monoisotopic (exact) mass is 540 g/mol. The molecule has 2 aliphatic rings. The molecule has 13 heteroatoms. The number of amides is 1. The Morgan fingerprint density at radius 2 is 1.79 bits per heavy atom. The lowest BCUT2D eigenvalue weighted by molar-refractivity contribution is -0.134. The fourth-order valence-corrected chi connectivity index (χ4v) is 9.19. The molecule has 3 aromatic rings. The molecule has 2 saturated heterocycles. The first kappa shape index (κ1) is 23.7. The van der Waals surface area contributed by atoms with Crippen molar-refractivity contribution in [2.24, 2.45) is 0 Å². The summed E-state index contributed by atoms with van der Waals surface area (Å²) in [5.74, 6) is -0.152. The Hall–Kier alpha value is -2.06. The molecule has 2 aromatic heterocycles. The summed E-state index contributed by atoms with van der Waals surface area (Å²) in [4.78, 5) is 21.9. The van der Waals surface area contributed by atoms with Crippen molar-refractivity contribution in [3.8, 4) is 0 Å². The van der Waals surface area contributed by atoms with Crippen LogP contribution >= 0.6 is 22.7 Å². The minimum absolute atomic E-state index is 0.152. The number of benzene rings is 1. The van der Waals surface area contributed by atoms with Crippen LogP contribution in [-0.4, -0.2) is 82.0 Å². The molecule has 182 valence electrons. The highest BCUT2D eigenvalue weighted by atomic mass is 32.2. The molecule has 0 saturated carbocycles. The lowest BCUT2D eigenvalue weighted by Crippen LogP contribution is -2.54. The molecule has 5 rings (SSSR count). The smallest absolute Gasteiger partial charge is 0.253 e. The van der Waals surface area contributed by atoms with Gasteiger partial charge >= 0.3 is 0 Å². The van der Waals surface area contributed by atoms with E-state index in [1.54, 1.807) is 34.5 Å². The highest BCUT2D eigenvalue weighted by Crippen LogP contribution is 2.34. The Morgan fingerprint density at radius 1 is 1.03 bits per heavy atom. The maximum absolute atomic E-state index is 13.3. The first-order chi connectivity index (χ1) is 16.2. The summed E-state index contributed by atoms with van der Waals surface area (Å²) in [5, 5.41) is 2.45. The molecule has 0 N–H and O–H groups in total. The molecular formula is C21H24N4O5S4. The van der Waals surface area contributed by atoms with Crippen LogP contribution in [0, 0.1) is 0 Å². The van der Waals surface area contributed by atoms with Gasteiger partial charge in [0.05, 0.1) is 9.60 Å². The number of aromatic nitrogens is 1. The highest BCUT2D eigenvalue weighted by molar-refractivity contribution is 7.91. The minimum Gasteiger partial charge on any atom is -0.345 e. The number of hydrogen-bond acceptors (Lipinski definition) is 9. The third kappa shape index (κ3) is 4.24. The fourth-order valence-electron chi connectivity index (χ4n) is 4.48. The van der Waals surface area contributed by atoms with E-state index >= 15 is 0 Å². The topological polar surface area (TPSA) is 108 Å². The van der Waals surface area contributed by atoms with E-state index in [0.29, 0.717) is 51.1 Å². The SMILES string of the molecule is CS(=O)(=O)c1cccc2sc(N3CCN(C(=O)C4CCCN4S(=O)(=O)c4cccs4)CC3)nc12. The lowest BCUT2D eigenvalue weighted by Gasteiger charge is -2.37. The minimum atomic E-state index is -3.68. The van der Waals surface area contributed by atoms with Crippen LogP contribution in [0.1, 0.15) is 12.8 Å². The van der Waals surface area contributed by atoms with Gasteiger partial charge < -0.3 is 9.80 Å². The van der Waals surface area contributed by atoms with E-state index in [1.165, 1.54) is 21.9 Å². The Bertz CT molecular complexity index is 1420. The van der Waals surface area contributed by atoms with E-state index in [0.717, 1.165) is 21.2 Å². The van der Waals surface area contributed by atoms with Gasteiger partial charge in [0.1, 0.15) is 15.8 Å². The van der Waals surface area contributed by atoms with Crippen LogP contribution in [0.4, 0.5) is 5.13 Å². The zero-order valence-corrected chi connectivity index (χ0v) is 21.7. The van der Waals surface area contributed by atoms with Crippen molar-refractivity contribution in [3.05, 3.63) is 35.7 Å². The highest BCUT2D eigenvalue weighted by Gasteiger charge is 2.42. The van der Waals surface area contributed by atoms with Crippen LogP contribution in [0.5, 0.6) is 0 Å². The second-order valence-corrected chi connectivity index (χ2v) is 14.4. The lowest BCUT2D eigenvalue weighted by atomic mass is 10.2. The molecule has 2 aliphatic heterocycles. The van der Waals surface area contributed by atoms with Gasteiger partial charge in [0.2, 0.25) is 5.91 Å². The van der Waals surface area contributed by atoms with Crippen molar-refractivity contribution in [1.82, 2.24) is 14.2 Å². The van der Waals surface area contributed by atoms with Gasteiger partial charge in [-0.25, -0.2) is 21.8 Å². The zero-order chi connectivity index (χ0) is 24.1. The number of thiazole rings is 1. The average Bonchev–Trinajstić information content (AvgIpc) is 3.58. The number of piperazine rings is 1. The third-order valence-corrected chi connectivity index (χ3v) is 11.7. The van der Waals surface area contributed by atoms with E-state index in [-0.39, 0.29) is 15.0 Å². The second kappa shape index (κ2) is 8.86. The van der Waals surface area contributed by atoms with Crippen molar-refractivity contribution in [2.75, 3.05) is 43.9 Å². The Balaban J connectivity index is 1.30. The maximum atomic E-state index is 13.3. The summed E-state index contributed by atoms with van der Waals surface area (Å²) in [7, 11) is -7.07. The number of hydrogen-bond donors (Lipinski definition) is 0. The number of sulfone groups is 1. The third-order valence-electron chi connectivity index (χ3n) is 6.18. The molecule has 2 fully saturated rings. The maximum Gasteiger partial charge on any atom is 0.253 e. The zero-order valence-electron chi connectivity index (χ0n) is 18.5. The molecular weight excluding hydrogens is 517 g/mol. The van der Waals surface area contributed by atoms with Gasteiger partial charge in [-0.15, -0.1) is 11.3 Å². The normalized spacial score (nSPS) is 20.3. The van der Waals surface area contributed by atoms with Gasteiger partial charge in [0.25, 0.3) is 10.0 Å². The first-order valence-electron chi connectivity index (χ1n) is 10.8. The summed E-state index contributed by atoms with van der Waals surface area (Å²) in [6, 6.07) is 7.74. The van der Waals surface area contributed by atoms with Crippen LogP contribution < -0.4 is 4.90 Å². The van der Waals surface area contributed by atoms with Crippen LogP contribution in [0.3, 0.4) is 0 Å². The summed E-state index contributed by atoms with van der Waals surface area (Å²) >= 11 is 2.60. The Kier molecular flexibility index (Phi) is 6.17. The van der Waals surface area contributed by atoms with Gasteiger partial charge in [-0.3, -0.25) is 4.79 Å². The van der Waals surface area contributed by atoms with E-state index in [1.807, 2.05) is 6.07 Å². The predicted molar refractivity (Wildman–Crippen MR) is 133 cm³/mol. The molecule has 0 radical (unpaired) electrons. The molecule has 1 amide bonds. The number of thiophene rings is 1. The summed E-state index contributed by atoms with van der Waals surface area (Å²) in [6.07, 6.45) is 2.36. The van der Waals surface area contributed by atoms with Crippen molar-refractivity contribution in [1.29, 1.82) is 0 Å². The number of anilines is 1. The van der Waals surface area contributed by atoms with Gasteiger partial charge in [0, 0.05) is 39.0 Å². The van der Waals surface area contributed by atoms with Gasteiger partial charge in [-0.05, 0) is 36.4 Å². The second-order valence-electron chi connectivity index (χ2n) is 8.39. The van der Waals surface area contributed by atoms with E-state index in [2.05, 4.69) is 9.88 Å². The van der Waals surface area contributed by atoms with E-state index < -0.39 is 25.9 Å². The van der Waals surface area contributed by atoms with Crippen molar-refractivity contribution >= 4 is 63.8 Å². The Morgan fingerprint density at radius 3 is 2.47 bits per heavy atom. The van der Waals surface area contributed by atoms with Crippen LogP contribution in [0.2, 0.25) is 0 Å². The van der Waals surface area contributed by atoms with Gasteiger partial charge in [0.15, 0.2) is 15.0 Å². The van der Waals surface area contributed by atoms with Crippen molar-refractivity contribution in [2.45, 2.75) is 28.0 Å². The molecule has 34 heavy (non-hydrogen) atoms. The van der Waals surface area contributed by atoms with Gasteiger partial charge in [-0.1, -0.05) is 23.5 Å². The Labute approximate surface area is 206 Å². The van der Waals surface area contributed by atoms with Crippen molar-refractivity contribution in [3.63, 3.8) is 0 Å². The molecule has 0 spiro atoms. The molecule has 0 aliphatic carbocycles. The van der Waals surface area contributed by atoms with Crippen LogP contribution in [0.15, 0.2) is 44.8 Å². The number of rotatable bonds is 5. The summed E-state index contributed by atoms with van der Waals surface area (Å²) in [5.41, 5.74) is 0.476. The molecule has 0 bridgehead atoms. The van der Waals surface area contributed by atoms with Crippen LogP contribution in [0.25, 0.3) is 10.2 Å². The fraction of sp³-hybridized carbons (Fsp3) is 0.429. The molecule has 1 unspecified atom stereocenters. The molecule has 1 atom stereocenters. The largest absolute Gasteiger partial charge is 0.345 e. The molecule has 1 aromatic carbocycles. The van der Waals surface area contributed by atoms with Crippen LogP contribution in [-0.2, 0) is 24.7 Å². The van der Waals surface area contributed by atoms with Crippen molar-refractivity contribution < 1.29 is 21.6 Å². The first-order valence-corrected chi connectivity index (χ1v) is 15.9. The van der Waals surface area contributed by atoms with E-state index in [9.17, 15) is 21.6 Å². The van der Waals surface area contributed by atoms with E-state index in [4.69, 9.17) is 0 Å². The number of carbonyl (C=O) groups excluding carboxylic acids is 1. The number of para-hydroxylation sites is 1. The molecule has 4 heterocycles. The summed E-state index contributed by atoms with van der Waals surface area (Å²) in [6.45, 7) is 2.35. The molecule has 9 nitrogen and oxygen atoms in total. The quantitative estimate of drug-likeness (QED) is 0.489. The number of carbonyl (C=O) groups is 1. The predicted octanol–water partition coefficient (Wildman–Crippen LogP) is 2.26. The average molecular weight is 541 g/mol. The number of nitrogens with zero attached hydrogens (tertiary/aromatic N) is 4. The summed E-state index contributed by atoms with van der Waals surface area (Å²) < 4.78 is 52.7. The van der Waals surface area contributed by atoms with Gasteiger partial charge in [-0.2, -0.15) is 4.31 Å². The number of fused-ring (bicyclic) bond motifs is 1. The number of sulfonamides is 1. The standard InChI is InChI=1S/C21H24N4O5S4/c1-33(27,28)17-7-2-6-16-19(17)22-21(32-16)24-12-10-23(11-13-24)20(26)15-5-3-9-25(15)34(29,30)18-8-4-14-31-18/h2,4,6-8,14-15H,3,5,9-13H2,1H3.